The molecular weight excluding hydrogens is 262 g/mol. The van der Waals surface area contributed by atoms with Gasteiger partial charge in [0.2, 0.25) is 5.82 Å². The molecule has 0 saturated carbocycles. The normalized spacial score (nSPS) is 11.8. The fourth-order valence-corrected chi connectivity index (χ4v) is 1.55. The number of carboxylic acids is 1. The van der Waals surface area contributed by atoms with E-state index in [1.54, 1.807) is 0 Å². The van der Waals surface area contributed by atoms with E-state index in [1.807, 2.05) is 0 Å². The molecule has 1 unspecified atom stereocenters. The molecule has 0 spiro atoms. The molecule has 0 aromatic carbocycles. The molecule has 2 N–H and O–H groups in total. The van der Waals surface area contributed by atoms with Gasteiger partial charge < -0.3 is 10.4 Å². The van der Waals surface area contributed by atoms with Crippen LogP contribution in [0.5, 0.6) is 0 Å². The Balaban J connectivity index is 2.93. The van der Waals surface area contributed by atoms with E-state index in [0.717, 1.165) is 12.3 Å². The van der Waals surface area contributed by atoms with Crippen LogP contribution in [0.25, 0.3) is 0 Å². The lowest BCUT2D eigenvalue weighted by atomic mass is 10.2. The zero-order valence-corrected chi connectivity index (χ0v) is 10.3. The van der Waals surface area contributed by atoms with E-state index in [-0.39, 0.29) is 17.9 Å². The standard InChI is InChI=1S/C9H11N3O5S/c1-18(17)3-2-10-8-7(12(15)16)4-6(5-11-8)9(13)14/h4-5H,2-3H2,1H3,(H,10,11)(H,13,14). The fraction of sp³-hybridized carbons (Fsp3) is 0.333. The molecule has 0 aliphatic carbocycles. The monoisotopic (exact) mass is 273 g/mol. The second-order valence-electron chi connectivity index (χ2n) is 3.36. The Labute approximate surface area is 105 Å². The summed E-state index contributed by atoms with van der Waals surface area (Å²) in [6.07, 6.45) is 2.54. The van der Waals surface area contributed by atoms with Gasteiger partial charge in [0, 0.05) is 41.6 Å². The highest BCUT2D eigenvalue weighted by Crippen LogP contribution is 2.22. The first-order valence-electron chi connectivity index (χ1n) is 4.83. The van der Waals surface area contributed by atoms with Crippen molar-refractivity contribution < 1.29 is 19.0 Å². The van der Waals surface area contributed by atoms with Crippen molar-refractivity contribution in [1.82, 2.24) is 4.98 Å². The van der Waals surface area contributed by atoms with Gasteiger partial charge in [0.1, 0.15) is 0 Å². The average molecular weight is 273 g/mol. The van der Waals surface area contributed by atoms with Crippen molar-refractivity contribution in [2.45, 2.75) is 0 Å². The molecule has 0 radical (unpaired) electrons. The molecule has 1 aromatic heterocycles. The van der Waals surface area contributed by atoms with Gasteiger partial charge in [0.25, 0.3) is 0 Å². The number of carbonyl (C=O) groups is 1. The number of nitrogens with zero attached hydrogens (tertiary/aromatic N) is 2. The van der Waals surface area contributed by atoms with Gasteiger partial charge in [0.05, 0.1) is 10.5 Å². The van der Waals surface area contributed by atoms with E-state index in [1.165, 1.54) is 6.26 Å². The topological polar surface area (TPSA) is 122 Å². The first-order chi connectivity index (χ1) is 8.41. The summed E-state index contributed by atoms with van der Waals surface area (Å²) in [6, 6.07) is 0.931. The predicted octanol–water partition coefficient (Wildman–Crippen LogP) is 0.478. The molecule has 1 aromatic rings. The van der Waals surface area contributed by atoms with Gasteiger partial charge >= 0.3 is 11.7 Å². The summed E-state index contributed by atoms with van der Waals surface area (Å²) in [5, 5.41) is 22.1. The Hall–Kier alpha value is -2.03. The highest BCUT2D eigenvalue weighted by Gasteiger charge is 2.18. The van der Waals surface area contributed by atoms with E-state index in [2.05, 4.69) is 10.3 Å². The Bertz CT molecular complexity index is 505. The van der Waals surface area contributed by atoms with Crippen LogP contribution in [0.1, 0.15) is 10.4 Å². The lowest BCUT2D eigenvalue weighted by Gasteiger charge is -2.05. The van der Waals surface area contributed by atoms with Crippen molar-refractivity contribution in [2.75, 3.05) is 23.9 Å². The Morgan fingerprint density at radius 2 is 2.33 bits per heavy atom. The number of hydrogen-bond acceptors (Lipinski definition) is 6. The summed E-state index contributed by atoms with van der Waals surface area (Å²) >= 11 is 0. The molecule has 8 nitrogen and oxygen atoms in total. The summed E-state index contributed by atoms with van der Waals surface area (Å²) in [7, 11) is -1.02. The summed E-state index contributed by atoms with van der Waals surface area (Å²) < 4.78 is 10.8. The minimum atomic E-state index is -1.29. The van der Waals surface area contributed by atoms with Crippen LogP contribution in [0, 0.1) is 10.1 Å². The number of nitrogens with one attached hydrogen (secondary N) is 1. The number of rotatable bonds is 6. The molecular formula is C9H11N3O5S. The van der Waals surface area contributed by atoms with Crippen LogP contribution < -0.4 is 5.32 Å². The molecule has 98 valence electrons. The highest BCUT2D eigenvalue weighted by atomic mass is 32.2. The first-order valence-corrected chi connectivity index (χ1v) is 6.56. The van der Waals surface area contributed by atoms with Crippen LogP contribution in [0.3, 0.4) is 0 Å². The van der Waals surface area contributed by atoms with E-state index in [9.17, 15) is 19.1 Å². The van der Waals surface area contributed by atoms with Gasteiger partial charge in [-0.3, -0.25) is 14.3 Å². The molecule has 1 heterocycles. The van der Waals surface area contributed by atoms with Gasteiger partial charge in [-0.25, -0.2) is 9.78 Å². The zero-order valence-electron chi connectivity index (χ0n) is 9.45. The van der Waals surface area contributed by atoms with Crippen LogP contribution in [-0.2, 0) is 10.8 Å². The Morgan fingerprint density at radius 1 is 1.67 bits per heavy atom. The average Bonchev–Trinajstić information content (AvgIpc) is 2.28. The molecule has 1 rings (SSSR count). The number of hydrogen-bond donors (Lipinski definition) is 2. The predicted molar refractivity (Wildman–Crippen MR) is 65.3 cm³/mol. The third-order valence-corrected chi connectivity index (χ3v) is 2.77. The zero-order chi connectivity index (χ0) is 13.7. The smallest absolute Gasteiger partial charge is 0.337 e. The van der Waals surface area contributed by atoms with Crippen LogP contribution in [0.4, 0.5) is 11.5 Å². The summed E-state index contributed by atoms with van der Waals surface area (Å²) in [5.41, 5.74) is -0.678. The maximum atomic E-state index is 10.8. The van der Waals surface area contributed by atoms with E-state index in [0.29, 0.717) is 5.75 Å². The quantitative estimate of drug-likeness (QED) is 0.570. The molecule has 1 atom stereocenters. The molecule has 0 saturated heterocycles. The van der Waals surface area contributed by atoms with Crippen molar-refractivity contribution in [2.24, 2.45) is 0 Å². The lowest BCUT2D eigenvalue weighted by molar-refractivity contribution is -0.384. The van der Waals surface area contributed by atoms with Crippen molar-refractivity contribution in [3.63, 3.8) is 0 Å². The van der Waals surface area contributed by atoms with E-state index < -0.39 is 27.4 Å². The largest absolute Gasteiger partial charge is 0.478 e. The van der Waals surface area contributed by atoms with Crippen LogP contribution in [-0.4, -0.2) is 43.7 Å². The maximum absolute atomic E-state index is 10.8. The highest BCUT2D eigenvalue weighted by molar-refractivity contribution is 7.84. The van der Waals surface area contributed by atoms with Crippen molar-refractivity contribution in [3.05, 3.63) is 27.9 Å². The molecule has 0 aliphatic rings. The summed E-state index contributed by atoms with van der Waals surface area (Å²) in [5.74, 6) is -0.998. The van der Waals surface area contributed by atoms with Crippen molar-refractivity contribution >= 4 is 28.3 Å². The molecule has 0 fully saturated rings. The molecule has 0 aliphatic heterocycles. The van der Waals surface area contributed by atoms with Gasteiger partial charge in [-0.15, -0.1) is 0 Å². The van der Waals surface area contributed by atoms with Crippen LogP contribution in [0.2, 0.25) is 0 Å². The van der Waals surface area contributed by atoms with Gasteiger partial charge in [-0.05, 0) is 0 Å². The Kier molecular flexibility index (Phi) is 4.72. The van der Waals surface area contributed by atoms with Crippen LogP contribution >= 0.6 is 0 Å². The summed E-state index contributed by atoms with van der Waals surface area (Å²) in [6.45, 7) is 0.253. The van der Waals surface area contributed by atoms with Gasteiger partial charge in [-0.2, -0.15) is 0 Å². The van der Waals surface area contributed by atoms with Crippen LogP contribution in [0.15, 0.2) is 12.3 Å². The van der Waals surface area contributed by atoms with Gasteiger partial charge in [-0.1, -0.05) is 0 Å². The van der Waals surface area contributed by atoms with Gasteiger partial charge in [0.15, 0.2) is 0 Å². The third kappa shape index (κ3) is 3.77. The number of nitro groups is 1. The minimum absolute atomic E-state index is 0.0320. The lowest BCUT2D eigenvalue weighted by Crippen LogP contribution is -2.13. The number of aromatic carboxylic acids is 1. The molecule has 18 heavy (non-hydrogen) atoms. The molecule has 0 bridgehead atoms. The first kappa shape index (κ1) is 14.0. The second-order valence-corrected chi connectivity index (χ2v) is 4.91. The second kappa shape index (κ2) is 6.05. The maximum Gasteiger partial charge on any atom is 0.337 e. The minimum Gasteiger partial charge on any atom is -0.478 e. The number of pyridine rings is 1. The third-order valence-electron chi connectivity index (χ3n) is 1.99. The fourth-order valence-electron chi connectivity index (χ4n) is 1.16. The Morgan fingerprint density at radius 3 is 2.83 bits per heavy atom. The number of anilines is 1. The molecule has 9 heteroatoms. The number of aromatic nitrogens is 1. The summed E-state index contributed by atoms with van der Waals surface area (Å²) in [4.78, 5) is 24.4. The van der Waals surface area contributed by atoms with Crippen molar-refractivity contribution in [3.8, 4) is 0 Å². The van der Waals surface area contributed by atoms with E-state index >= 15 is 0 Å². The SMILES string of the molecule is CS(=O)CCNc1ncc(C(=O)O)cc1[N+](=O)[O-]. The molecule has 0 amide bonds. The van der Waals surface area contributed by atoms with E-state index in [4.69, 9.17) is 5.11 Å². The number of carboxylic acid groups (broad SMARTS) is 1. The van der Waals surface area contributed by atoms with Crippen molar-refractivity contribution in [1.29, 1.82) is 0 Å².